The van der Waals surface area contributed by atoms with Gasteiger partial charge >= 0.3 is 0 Å². The number of aliphatic hydroxyl groups is 1. The maximum atomic E-state index is 11.0. The van der Waals surface area contributed by atoms with Gasteiger partial charge in [-0.25, -0.2) is 9.97 Å². The molecule has 1 N–H and O–H groups in total. The zero-order chi connectivity index (χ0) is 25.8. The van der Waals surface area contributed by atoms with Gasteiger partial charge in [-0.2, -0.15) is 0 Å². The highest BCUT2D eigenvalue weighted by Crippen LogP contribution is 2.24. The predicted molar refractivity (Wildman–Crippen MR) is 149 cm³/mol. The van der Waals surface area contributed by atoms with Gasteiger partial charge in [-0.15, -0.1) is 0 Å². The minimum atomic E-state index is -0.557. The summed E-state index contributed by atoms with van der Waals surface area (Å²) in [6.45, 7) is 14.1. The smallest absolute Gasteiger partial charge is 0.160 e. The maximum Gasteiger partial charge on any atom is 0.160 e. The van der Waals surface area contributed by atoms with Crippen LogP contribution in [0.4, 0.5) is 0 Å². The molecule has 7 heteroatoms. The molecular weight excluding hydrogens is 462 g/mol. The van der Waals surface area contributed by atoms with Crippen molar-refractivity contribution in [3.8, 4) is 0 Å². The number of β-amino-alcohol motifs (C(OH)–C–C–N with tert-alkyl or cyclic N) is 1. The largest absolute Gasteiger partial charge is 0.388 e. The van der Waals surface area contributed by atoms with Crippen LogP contribution in [0.25, 0.3) is 17.2 Å². The predicted octanol–water partition coefficient (Wildman–Crippen LogP) is 3.83. The Morgan fingerprint density at radius 2 is 1.73 bits per heavy atom. The number of fused-ring (bicyclic) bond motifs is 1. The van der Waals surface area contributed by atoms with Crippen LogP contribution in [0.1, 0.15) is 48.0 Å². The van der Waals surface area contributed by atoms with Crippen LogP contribution in [0.5, 0.6) is 0 Å². The second kappa shape index (κ2) is 11.4. The molecule has 1 aromatic carbocycles. The van der Waals surface area contributed by atoms with E-state index in [2.05, 4.69) is 70.7 Å². The fourth-order valence-electron chi connectivity index (χ4n) is 5.62. The summed E-state index contributed by atoms with van der Waals surface area (Å²) >= 11 is 0. The lowest BCUT2D eigenvalue weighted by Crippen LogP contribution is -2.52. The Hall–Kier alpha value is -2.58. The van der Waals surface area contributed by atoms with Crippen LogP contribution in [-0.2, 0) is 17.7 Å². The summed E-state index contributed by atoms with van der Waals surface area (Å²) in [4.78, 5) is 14.5. The topological polar surface area (TPSA) is 66.7 Å². The molecule has 0 radical (unpaired) electrons. The number of piperidine rings is 1. The molecule has 198 valence electrons. The van der Waals surface area contributed by atoms with Crippen LogP contribution in [0.3, 0.4) is 0 Å². The molecular formula is C30H41N5O2. The van der Waals surface area contributed by atoms with Crippen LogP contribution in [-0.4, -0.2) is 87.5 Å². The molecule has 0 unspecified atom stereocenters. The summed E-state index contributed by atoms with van der Waals surface area (Å²) in [5.74, 6) is 1.08. The lowest BCUT2D eigenvalue weighted by Gasteiger charge is -2.41. The van der Waals surface area contributed by atoms with Crippen molar-refractivity contribution in [3.05, 3.63) is 64.6 Å². The molecule has 0 aliphatic carbocycles. The number of benzene rings is 1. The Bertz CT molecular complexity index is 1220. The van der Waals surface area contributed by atoms with Crippen molar-refractivity contribution in [1.29, 1.82) is 0 Å². The van der Waals surface area contributed by atoms with E-state index in [9.17, 15) is 5.11 Å². The van der Waals surface area contributed by atoms with Crippen molar-refractivity contribution in [2.24, 2.45) is 0 Å². The molecule has 37 heavy (non-hydrogen) atoms. The van der Waals surface area contributed by atoms with Crippen molar-refractivity contribution in [3.63, 3.8) is 0 Å². The van der Waals surface area contributed by atoms with Gasteiger partial charge in [0.15, 0.2) is 5.65 Å². The minimum Gasteiger partial charge on any atom is -0.388 e. The number of ether oxygens (including phenoxy) is 1. The Balaban J connectivity index is 1.15. The van der Waals surface area contributed by atoms with Crippen LogP contribution in [0, 0.1) is 13.8 Å². The van der Waals surface area contributed by atoms with Crippen molar-refractivity contribution in [2.45, 2.75) is 52.2 Å². The fourth-order valence-corrected chi connectivity index (χ4v) is 5.62. The summed E-state index contributed by atoms with van der Waals surface area (Å²) in [7, 11) is 0. The fraction of sp³-hybridized carbons (Fsp3) is 0.533. The molecule has 5 rings (SSSR count). The third kappa shape index (κ3) is 6.29. The van der Waals surface area contributed by atoms with Gasteiger partial charge in [0.1, 0.15) is 11.3 Å². The highest BCUT2D eigenvalue weighted by atomic mass is 16.5. The first kappa shape index (κ1) is 26.0. The van der Waals surface area contributed by atoms with Gasteiger partial charge in [-0.3, -0.25) is 9.80 Å². The third-order valence-corrected chi connectivity index (χ3v) is 7.82. The van der Waals surface area contributed by atoms with Gasteiger partial charge in [0, 0.05) is 51.4 Å². The molecule has 2 aliphatic heterocycles. The van der Waals surface area contributed by atoms with Gasteiger partial charge < -0.3 is 14.4 Å². The van der Waals surface area contributed by atoms with E-state index in [0.717, 1.165) is 101 Å². The van der Waals surface area contributed by atoms with Gasteiger partial charge in [0.2, 0.25) is 0 Å². The first-order chi connectivity index (χ1) is 17.9. The molecule has 7 nitrogen and oxygen atoms in total. The number of hydrogen-bond donors (Lipinski definition) is 1. The average Bonchev–Trinajstić information content (AvgIpc) is 3.24. The molecule has 0 bridgehead atoms. The highest BCUT2D eigenvalue weighted by Gasteiger charge is 2.34. The number of imidazole rings is 1. The van der Waals surface area contributed by atoms with Gasteiger partial charge in [0.05, 0.1) is 25.4 Å². The summed E-state index contributed by atoms with van der Waals surface area (Å²) in [5, 5.41) is 11.0. The number of hydrogen-bond acceptors (Lipinski definition) is 6. The van der Waals surface area contributed by atoms with E-state index in [1.54, 1.807) is 0 Å². The van der Waals surface area contributed by atoms with Crippen molar-refractivity contribution < 1.29 is 9.84 Å². The third-order valence-electron chi connectivity index (χ3n) is 7.82. The zero-order valence-corrected chi connectivity index (χ0v) is 22.6. The van der Waals surface area contributed by atoms with Crippen LogP contribution < -0.4 is 0 Å². The number of nitrogens with zero attached hydrogens (tertiary/aromatic N) is 5. The number of aromatic nitrogens is 3. The molecule has 2 aliphatic rings. The Labute approximate surface area is 220 Å². The van der Waals surface area contributed by atoms with Crippen molar-refractivity contribution in [2.75, 3.05) is 52.5 Å². The van der Waals surface area contributed by atoms with Crippen LogP contribution in [0.2, 0.25) is 0 Å². The second-order valence-corrected chi connectivity index (χ2v) is 10.8. The molecule has 0 atom stereocenters. The van der Waals surface area contributed by atoms with E-state index < -0.39 is 5.60 Å². The monoisotopic (exact) mass is 503 g/mol. The maximum absolute atomic E-state index is 11.0. The van der Waals surface area contributed by atoms with E-state index >= 15 is 0 Å². The highest BCUT2D eigenvalue weighted by molar-refractivity contribution is 5.76. The van der Waals surface area contributed by atoms with E-state index in [1.807, 2.05) is 6.92 Å². The quantitative estimate of drug-likeness (QED) is 0.504. The van der Waals surface area contributed by atoms with Gasteiger partial charge in [-0.05, 0) is 49.4 Å². The van der Waals surface area contributed by atoms with Crippen LogP contribution in [0.15, 0.2) is 36.4 Å². The van der Waals surface area contributed by atoms with E-state index in [4.69, 9.17) is 14.7 Å². The molecule has 3 aromatic rings. The lowest BCUT2D eigenvalue weighted by molar-refractivity contribution is -0.0624. The summed E-state index contributed by atoms with van der Waals surface area (Å²) < 4.78 is 7.70. The van der Waals surface area contributed by atoms with Crippen molar-refractivity contribution >= 4 is 17.2 Å². The number of pyridine rings is 1. The molecule has 2 fully saturated rings. The SMILES string of the molecule is CCc1nc2c(C)cc(C)nc2n1Cc1ccc(C=CCN2CCC(O)(CN3CCOCC3)CC2)cc1. The number of morpholine rings is 1. The van der Waals surface area contributed by atoms with Gasteiger partial charge in [-0.1, -0.05) is 43.3 Å². The lowest BCUT2D eigenvalue weighted by atomic mass is 9.90. The molecule has 0 amide bonds. The Morgan fingerprint density at radius 3 is 2.43 bits per heavy atom. The Morgan fingerprint density at radius 1 is 1.00 bits per heavy atom. The molecule has 2 aromatic heterocycles. The molecule has 0 saturated carbocycles. The summed E-state index contributed by atoms with van der Waals surface area (Å²) in [5.41, 5.74) is 6.12. The Kier molecular flexibility index (Phi) is 8.05. The molecule has 2 saturated heterocycles. The second-order valence-electron chi connectivity index (χ2n) is 10.8. The van der Waals surface area contributed by atoms with Crippen LogP contribution >= 0.6 is 0 Å². The first-order valence-electron chi connectivity index (χ1n) is 13.8. The van der Waals surface area contributed by atoms with E-state index in [0.29, 0.717) is 0 Å². The molecule has 4 heterocycles. The van der Waals surface area contributed by atoms with E-state index in [-0.39, 0.29) is 0 Å². The standard InChI is InChI=1S/C30H41N5O2/c1-4-27-32-28-23(2)20-24(3)31-29(28)35(27)21-26-9-7-25(8-10-26)6-5-13-33-14-11-30(36,12-15-33)22-34-16-18-37-19-17-34/h5-10,20,36H,4,11-19,21-22H2,1-3H3. The van der Waals surface area contributed by atoms with Gasteiger partial charge in [0.25, 0.3) is 0 Å². The summed E-state index contributed by atoms with van der Waals surface area (Å²) in [6.07, 6.45) is 7.01. The first-order valence-corrected chi connectivity index (χ1v) is 13.8. The normalized spacial score (nSPS) is 19.2. The molecule has 0 spiro atoms. The summed E-state index contributed by atoms with van der Waals surface area (Å²) in [6, 6.07) is 10.9. The van der Waals surface area contributed by atoms with Crippen molar-refractivity contribution in [1.82, 2.24) is 24.3 Å². The number of rotatable bonds is 8. The minimum absolute atomic E-state index is 0.557. The number of aryl methyl sites for hydroxylation is 3. The van der Waals surface area contributed by atoms with E-state index in [1.165, 1.54) is 16.7 Å². The number of likely N-dealkylation sites (tertiary alicyclic amines) is 1. The average molecular weight is 504 g/mol. The zero-order valence-electron chi connectivity index (χ0n) is 22.6.